The molecule has 0 spiro atoms. The summed E-state index contributed by atoms with van der Waals surface area (Å²) in [5, 5.41) is 3.32. The Morgan fingerprint density at radius 1 is 1.56 bits per heavy atom. The zero-order valence-electron chi connectivity index (χ0n) is 10.6. The first kappa shape index (κ1) is 12.6. The topological polar surface area (TPSA) is 89.5 Å². The summed E-state index contributed by atoms with van der Waals surface area (Å²) in [4.78, 5) is 8.65. The zero-order valence-corrected chi connectivity index (χ0v) is 10.6. The third-order valence-electron chi connectivity index (χ3n) is 2.72. The first-order valence-corrected chi connectivity index (χ1v) is 5.84. The molecule has 98 valence electrons. The summed E-state index contributed by atoms with van der Waals surface area (Å²) in [6, 6.07) is 0.191. The largest absolute Gasteiger partial charge is 0.383 e. The molecule has 4 N–H and O–H groups in total. The summed E-state index contributed by atoms with van der Waals surface area (Å²) in [6.07, 6.45) is 6.29. The van der Waals surface area contributed by atoms with Crippen molar-refractivity contribution in [1.82, 2.24) is 14.4 Å². The predicted octanol–water partition coefficient (Wildman–Crippen LogP) is 0.852. The maximum Gasteiger partial charge on any atom is 0.180 e. The van der Waals surface area contributed by atoms with Gasteiger partial charge in [0.1, 0.15) is 0 Å². The lowest BCUT2D eigenvalue weighted by atomic mass is 10.2. The van der Waals surface area contributed by atoms with Crippen molar-refractivity contribution in [3.63, 3.8) is 0 Å². The average Bonchev–Trinajstić information content (AvgIpc) is 2.86. The van der Waals surface area contributed by atoms with Gasteiger partial charge in [-0.2, -0.15) is 0 Å². The fourth-order valence-corrected chi connectivity index (χ4v) is 1.75. The van der Waals surface area contributed by atoms with E-state index in [1.165, 1.54) is 0 Å². The summed E-state index contributed by atoms with van der Waals surface area (Å²) in [6.45, 7) is 2.70. The number of imidazole rings is 1. The van der Waals surface area contributed by atoms with Crippen LogP contribution < -0.4 is 16.6 Å². The van der Waals surface area contributed by atoms with Crippen LogP contribution in [0.1, 0.15) is 13.3 Å². The van der Waals surface area contributed by atoms with Gasteiger partial charge in [0.2, 0.25) is 0 Å². The SMILES string of the molecule is CCC(COC)Nc1nc(NN)cn2ccnc12. The van der Waals surface area contributed by atoms with Crippen LogP contribution in [0.2, 0.25) is 0 Å². The Labute approximate surface area is 105 Å². The third kappa shape index (κ3) is 2.52. The molecule has 2 aromatic rings. The summed E-state index contributed by atoms with van der Waals surface area (Å²) < 4.78 is 7.02. The van der Waals surface area contributed by atoms with Crippen LogP contribution >= 0.6 is 0 Å². The second kappa shape index (κ2) is 5.65. The van der Waals surface area contributed by atoms with E-state index in [9.17, 15) is 0 Å². The van der Waals surface area contributed by atoms with Gasteiger partial charge in [0.05, 0.1) is 18.8 Å². The first-order valence-electron chi connectivity index (χ1n) is 5.84. The molecule has 2 heterocycles. The van der Waals surface area contributed by atoms with E-state index in [0.29, 0.717) is 18.2 Å². The van der Waals surface area contributed by atoms with Crippen molar-refractivity contribution in [2.24, 2.45) is 5.84 Å². The number of aromatic nitrogens is 3. The van der Waals surface area contributed by atoms with Crippen LogP contribution in [-0.4, -0.2) is 34.1 Å². The Morgan fingerprint density at radius 3 is 3.06 bits per heavy atom. The number of hydrogen-bond acceptors (Lipinski definition) is 6. The number of anilines is 2. The maximum absolute atomic E-state index is 5.40. The molecule has 0 aliphatic rings. The molecule has 7 heteroatoms. The van der Waals surface area contributed by atoms with Gasteiger partial charge in [0.15, 0.2) is 17.3 Å². The van der Waals surface area contributed by atoms with Gasteiger partial charge in [-0.25, -0.2) is 15.8 Å². The van der Waals surface area contributed by atoms with Crippen LogP contribution in [0.5, 0.6) is 0 Å². The highest BCUT2D eigenvalue weighted by Gasteiger charge is 2.11. The van der Waals surface area contributed by atoms with Crippen molar-refractivity contribution in [1.29, 1.82) is 0 Å². The minimum absolute atomic E-state index is 0.191. The summed E-state index contributed by atoms with van der Waals surface area (Å²) in [5.41, 5.74) is 3.31. The monoisotopic (exact) mass is 250 g/mol. The molecule has 1 atom stereocenters. The Balaban J connectivity index is 2.32. The molecule has 2 aromatic heterocycles. The second-order valence-electron chi connectivity index (χ2n) is 3.98. The molecule has 0 saturated heterocycles. The van der Waals surface area contributed by atoms with Gasteiger partial charge in [-0.1, -0.05) is 6.92 Å². The van der Waals surface area contributed by atoms with Crippen LogP contribution in [0.4, 0.5) is 11.6 Å². The number of nitrogen functional groups attached to an aromatic ring is 1. The van der Waals surface area contributed by atoms with Crippen LogP contribution in [0, 0.1) is 0 Å². The highest BCUT2D eigenvalue weighted by atomic mass is 16.5. The fraction of sp³-hybridized carbons (Fsp3) is 0.455. The first-order chi connectivity index (χ1) is 8.78. The number of nitrogens with zero attached hydrogens (tertiary/aromatic N) is 3. The zero-order chi connectivity index (χ0) is 13.0. The Bertz CT molecular complexity index is 511. The lowest BCUT2D eigenvalue weighted by molar-refractivity contribution is 0.184. The van der Waals surface area contributed by atoms with Gasteiger partial charge in [-0.3, -0.25) is 0 Å². The Hall–Kier alpha value is -1.86. The highest BCUT2D eigenvalue weighted by Crippen LogP contribution is 2.17. The number of nitrogens with two attached hydrogens (primary N) is 1. The Kier molecular flexibility index (Phi) is 3.96. The average molecular weight is 250 g/mol. The van der Waals surface area contributed by atoms with E-state index >= 15 is 0 Å². The molecule has 2 rings (SSSR count). The quantitative estimate of drug-likeness (QED) is 0.520. The van der Waals surface area contributed by atoms with Gasteiger partial charge in [-0.15, -0.1) is 0 Å². The lowest BCUT2D eigenvalue weighted by Crippen LogP contribution is -2.25. The normalized spacial score (nSPS) is 12.6. The maximum atomic E-state index is 5.40. The highest BCUT2D eigenvalue weighted by molar-refractivity contribution is 5.65. The Morgan fingerprint density at radius 2 is 2.39 bits per heavy atom. The third-order valence-corrected chi connectivity index (χ3v) is 2.72. The molecule has 0 fully saturated rings. The van der Waals surface area contributed by atoms with Crippen LogP contribution in [-0.2, 0) is 4.74 Å². The smallest absolute Gasteiger partial charge is 0.180 e. The van der Waals surface area contributed by atoms with Gasteiger partial charge >= 0.3 is 0 Å². The molecular formula is C11H18N6O. The lowest BCUT2D eigenvalue weighted by Gasteiger charge is -2.17. The van der Waals surface area contributed by atoms with E-state index in [0.717, 1.165) is 12.1 Å². The molecule has 0 aliphatic carbocycles. The van der Waals surface area contributed by atoms with Crippen molar-refractivity contribution in [3.8, 4) is 0 Å². The minimum atomic E-state index is 0.191. The van der Waals surface area contributed by atoms with Gasteiger partial charge in [-0.05, 0) is 6.42 Å². The molecular weight excluding hydrogens is 232 g/mol. The van der Waals surface area contributed by atoms with Crippen molar-refractivity contribution in [2.45, 2.75) is 19.4 Å². The summed E-state index contributed by atoms with van der Waals surface area (Å²) in [7, 11) is 1.68. The van der Waals surface area contributed by atoms with Crippen molar-refractivity contribution < 1.29 is 4.74 Å². The van der Waals surface area contributed by atoms with Gasteiger partial charge < -0.3 is 19.9 Å². The minimum Gasteiger partial charge on any atom is -0.383 e. The van der Waals surface area contributed by atoms with Gasteiger partial charge in [0.25, 0.3) is 0 Å². The van der Waals surface area contributed by atoms with E-state index < -0.39 is 0 Å². The molecule has 18 heavy (non-hydrogen) atoms. The molecule has 0 amide bonds. The molecule has 1 unspecified atom stereocenters. The number of rotatable bonds is 6. The van der Waals surface area contributed by atoms with E-state index in [1.807, 2.05) is 10.6 Å². The van der Waals surface area contributed by atoms with E-state index in [4.69, 9.17) is 10.6 Å². The van der Waals surface area contributed by atoms with Crippen LogP contribution in [0.15, 0.2) is 18.6 Å². The van der Waals surface area contributed by atoms with Crippen molar-refractivity contribution in [2.75, 3.05) is 24.5 Å². The predicted molar refractivity (Wildman–Crippen MR) is 70.4 cm³/mol. The van der Waals surface area contributed by atoms with Crippen molar-refractivity contribution in [3.05, 3.63) is 18.6 Å². The van der Waals surface area contributed by atoms with Crippen LogP contribution in [0.3, 0.4) is 0 Å². The molecule has 0 bridgehead atoms. The number of nitrogens with one attached hydrogen (secondary N) is 2. The fourth-order valence-electron chi connectivity index (χ4n) is 1.75. The molecule has 0 aromatic carbocycles. The van der Waals surface area contributed by atoms with Crippen LogP contribution in [0.25, 0.3) is 5.65 Å². The molecule has 0 saturated carbocycles. The van der Waals surface area contributed by atoms with Crippen molar-refractivity contribution >= 4 is 17.3 Å². The van der Waals surface area contributed by atoms with E-state index in [1.54, 1.807) is 19.5 Å². The summed E-state index contributed by atoms with van der Waals surface area (Å²) in [5.74, 6) is 6.67. The molecule has 7 nitrogen and oxygen atoms in total. The number of fused-ring (bicyclic) bond motifs is 1. The molecule has 0 aliphatic heterocycles. The second-order valence-corrected chi connectivity index (χ2v) is 3.98. The molecule has 0 radical (unpaired) electrons. The number of methoxy groups -OCH3 is 1. The standard InChI is InChI=1S/C11H18N6O/c1-3-8(7-18-2)14-10-11-13-4-5-17(11)6-9(15-10)16-12/h4-6,8,16H,3,7,12H2,1-2H3,(H,14,15). The number of ether oxygens (including phenoxy) is 1. The number of hydrogen-bond donors (Lipinski definition) is 3. The van der Waals surface area contributed by atoms with Gasteiger partial charge in [0, 0.05) is 19.5 Å². The summed E-state index contributed by atoms with van der Waals surface area (Å²) >= 11 is 0. The van der Waals surface area contributed by atoms with E-state index in [2.05, 4.69) is 27.6 Å². The van der Waals surface area contributed by atoms with E-state index in [-0.39, 0.29) is 6.04 Å². The number of hydrazine groups is 1.